The largest absolute Gasteiger partial charge is 0.384 e. The summed E-state index contributed by atoms with van der Waals surface area (Å²) in [6.45, 7) is 4.87. The number of hydrogen-bond acceptors (Lipinski definition) is 7. The van der Waals surface area contributed by atoms with Gasteiger partial charge in [-0.05, 0) is 69.3 Å². The van der Waals surface area contributed by atoms with Gasteiger partial charge in [0.1, 0.15) is 5.82 Å². The molecule has 2 saturated heterocycles. The highest BCUT2D eigenvalue weighted by molar-refractivity contribution is 8.01. The fourth-order valence-corrected chi connectivity index (χ4v) is 6.22. The summed E-state index contributed by atoms with van der Waals surface area (Å²) in [6, 6.07) is 10.9. The number of hydrogen-bond donors (Lipinski definition) is 3. The average molecular weight is 509 g/mol. The van der Waals surface area contributed by atoms with Gasteiger partial charge in [0.05, 0.1) is 17.0 Å². The fraction of sp³-hybridized carbons (Fsp3) is 0.462. The Morgan fingerprint density at radius 3 is 2.64 bits per heavy atom. The van der Waals surface area contributed by atoms with E-state index in [0.717, 1.165) is 47.9 Å². The van der Waals surface area contributed by atoms with Gasteiger partial charge in [0.15, 0.2) is 0 Å². The maximum Gasteiger partial charge on any atom is 0.241 e. The van der Waals surface area contributed by atoms with Gasteiger partial charge in [-0.15, -0.1) is 11.8 Å². The van der Waals surface area contributed by atoms with E-state index in [1.54, 1.807) is 11.0 Å². The van der Waals surface area contributed by atoms with Gasteiger partial charge >= 0.3 is 0 Å². The van der Waals surface area contributed by atoms with E-state index < -0.39 is 0 Å². The van der Waals surface area contributed by atoms with E-state index in [-0.39, 0.29) is 34.9 Å². The number of anilines is 3. The number of pyridine rings is 1. The quantitative estimate of drug-likeness (QED) is 0.525. The van der Waals surface area contributed by atoms with Crippen LogP contribution in [0.4, 0.5) is 17.2 Å². The SMILES string of the molecule is CC(C(=O)Nc1ccc(N2CC(CNC(=O)C3Cc4nc(N)ccc4S3)CC2=O)cc1)N1CCCC1. The topological polar surface area (TPSA) is 121 Å². The molecule has 190 valence electrons. The first-order valence-electron chi connectivity index (χ1n) is 12.5. The highest BCUT2D eigenvalue weighted by Crippen LogP contribution is 2.36. The van der Waals surface area contributed by atoms with Crippen LogP contribution in [0.1, 0.15) is 31.9 Å². The standard InChI is InChI=1S/C26H32N6O3S/c1-16(31-10-2-3-11-31)25(34)29-18-4-6-19(7-5-18)32-15-17(12-24(32)33)14-28-26(35)22-13-20-21(36-22)8-9-23(27)30-20/h4-9,16-17,22H,2-3,10-15H2,1H3,(H2,27,30)(H,28,35)(H,29,34). The van der Waals surface area contributed by atoms with Crippen molar-refractivity contribution in [2.75, 3.05) is 42.1 Å². The molecule has 10 heteroatoms. The molecule has 0 radical (unpaired) electrons. The number of aromatic nitrogens is 1. The zero-order chi connectivity index (χ0) is 25.2. The molecule has 4 N–H and O–H groups in total. The molecule has 3 atom stereocenters. The molecule has 3 unspecified atom stereocenters. The van der Waals surface area contributed by atoms with Crippen LogP contribution in [-0.4, -0.2) is 65.1 Å². The molecule has 5 rings (SSSR count). The molecule has 0 spiro atoms. The van der Waals surface area contributed by atoms with Crippen molar-refractivity contribution in [3.63, 3.8) is 0 Å². The monoisotopic (exact) mass is 508 g/mol. The zero-order valence-corrected chi connectivity index (χ0v) is 21.2. The number of nitrogens with zero attached hydrogens (tertiary/aromatic N) is 3. The number of likely N-dealkylation sites (tertiary alicyclic amines) is 1. The van der Waals surface area contributed by atoms with E-state index in [0.29, 0.717) is 31.7 Å². The third-order valence-electron chi connectivity index (χ3n) is 7.18. The van der Waals surface area contributed by atoms with Gasteiger partial charge in [0.25, 0.3) is 0 Å². The van der Waals surface area contributed by atoms with Crippen LogP contribution >= 0.6 is 11.8 Å². The minimum absolute atomic E-state index is 0.0134. The summed E-state index contributed by atoms with van der Waals surface area (Å²) in [6.07, 6.45) is 3.23. The summed E-state index contributed by atoms with van der Waals surface area (Å²) in [5.74, 6) is 0.499. The van der Waals surface area contributed by atoms with Crippen LogP contribution in [0.15, 0.2) is 41.3 Å². The Hall–Kier alpha value is -3.11. The van der Waals surface area contributed by atoms with Crippen LogP contribution in [0.3, 0.4) is 0 Å². The molecule has 36 heavy (non-hydrogen) atoms. The number of amides is 3. The lowest BCUT2D eigenvalue weighted by atomic mass is 10.1. The molecule has 2 fully saturated rings. The lowest BCUT2D eigenvalue weighted by Crippen LogP contribution is -2.40. The van der Waals surface area contributed by atoms with Crippen molar-refractivity contribution in [3.05, 3.63) is 42.1 Å². The highest BCUT2D eigenvalue weighted by atomic mass is 32.2. The maximum atomic E-state index is 12.7. The smallest absolute Gasteiger partial charge is 0.241 e. The van der Waals surface area contributed by atoms with E-state index in [1.165, 1.54) is 11.8 Å². The van der Waals surface area contributed by atoms with Crippen LogP contribution in [0.5, 0.6) is 0 Å². The number of nitrogen functional groups attached to an aromatic ring is 1. The summed E-state index contributed by atoms with van der Waals surface area (Å²) < 4.78 is 0. The fourth-order valence-electron chi connectivity index (χ4n) is 5.07. The van der Waals surface area contributed by atoms with Crippen molar-refractivity contribution in [1.82, 2.24) is 15.2 Å². The number of nitrogens with two attached hydrogens (primary N) is 1. The first-order valence-corrected chi connectivity index (χ1v) is 13.4. The van der Waals surface area contributed by atoms with Crippen molar-refractivity contribution in [2.24, 2.45) is 5.92 Å². The normalized spacial score (nSPS) is 22.5. The average Bonchev–Trinajstić information content (AvgIpc) is 3.62. The summed E-state index contributed by atoms with van der Waals surface area (Å²) in [5, 5.41) is 5.78. The van der Waals surface area contributed by atoms with Crippen molar-refractivity contribution >= 4 is 46.7 Å². The predicted octanol–water partition coefficient (Wildman–Crippen LogP) is 2.27. The zero-order valence-electron chi connectivity index (χ0n) is 20.4. The van der Waals surface area contributed by atoms with Gasteiger partial charge < -0.3 is 21.3 Å². The second kappa shape index (κ2) is 10.5. The molecular weight excluding hydrogens is 476 g/mol. The highest BCUT2D eigenvalue weighted by Gasteiger charge is 2.33. The molecule has 1 aromatic heterocycles. The molecule has 1 aromatic carbocycles. The lowest BCUT2D eigenvalue weighted by molar-refractivity contribution is -0.121. The van der Waals surface area contributed by atoms with Crippen LogP contribution in [0, 0.1) is 5.92 Å². The molecule has 9 nitrogen and oxygen atoms in total. The van der Waals surface area contributed by atoms with Crippen molar-refractivity contribution in [3.8, 4) is 0 Å². The van der Waals surface area contributed by atoms with Gasteiger partial charge in [-0.25, -0.2) is 4.98 Å². The number of nitrogens with one attached hydrogen (secondary N) is 2. The van der Waals surface area contributed by atoms with Crippen LogP contribution < -0.4 is 21.3 Å². The summed E-state index contributed by atoms with van der Waals surface area (Å²) in [5.41, 5.74) is 8.14. The first kappa shape index (κ1) is 24.6. The molecule has 3 amide bonds. The number of carbonyl (C=O) groups is 3. The summed E-state index contributed by atoms with van der Waals surface area (Å²) in [4.78, 5) is 47.2. The Kier molecular flexibility index (Phi) is 7.15. The van der Waals surface area contributed by atoms with Crippen LogP contribution in [-0.2, 0) is 20.8 Å². The Bertz CT molecular complexity index is 1150. The molecular formula is C26H32N6O3S. The molecule has 4 heterocycles. The second-order valence-electron chi connectivity index (χ2n) is 9.77. The van der Waals surface area contributed by atoms with Gasteiger partial charge in [-0.2, -0.15) is 0 Å². The second-order valence-corrected chi connectivity index (χ2v) is 11.0. The van der Waals surface area contributed by atoms with Gasteiger partial charge in [-0.1, -0.05) is 0 Å². The Morgan fingerprint density at radius 1 is 1.14 bits per heavy atom. The minimum Gasteiger partial charge on any atom is -0.384 e. The Labute approximate surface area is 215 Å². The number of carbonyl (C=O) groups excluding carboxylic acids is 3. The molecule has 2 aromatic rings. The molecule has 0 bridgehead atoms. The third kappa shape index (κ3) is 5.34. The number of thioether (sulfide) groups is 1. The predicted molar refractivity (Wildman–Crippen MR) is 141 cm³/mol. The van der Waals surface area contributed by atoms with Crippen LogP contribution in [0.25, 0.3) is 0 Å². The van der Waals surface area contributed by atoms with Crippen LogP contribution in [0.2, 0.25) is 0 Å². The van der Waals surface area contributed by atoms with Gasteiger partial charge in [-0.3, -0.25) is 19.3 Å². The van der Waals surface area contributed by atoms with E-state index in [1.807, 2.05) is 37.3 Å². The van der Waals surface area contributed by atoms with Crippen molar-refractivity contribution in [1.29, 1.82) is 0 Å². The number of rotatable bonds is 7. The maximum absolute atomic E-state index is 12.7. The van der Waals surface area contributed by atoms with Crippen molar-refractivity contribution < 1.29 is 14.4 Å². The van der Waals surface area contributed by atoms with E-state index in [2.05, 4.69) is 20.5 Å². The number of benzene rings is 1. The van der Waals surface area contributed by atoms with E-state index in [9.17, 15) is 14.4 Å². The molecule has 0 aliphatic carbocycles. The first-order chi connectivity index (χ1) is 17.4. The third-order valence-corrected chi connectivity index (χ3v) is 8.47. The summed E-state index contributed by atoms with van der Waals surface area (Å²) >= 11 is 1.51. The van der Waals surface area contributed by atoms with Crippen molar-refractivity contribution in [2.45, 2.75) is 48.8 Å². The van der Waals surface area contributed by atoms with Gasteiger partial charge in [0, 0.05) is 48.1 Å². The summed E-state index contributed by atoms with van der Waals surface area (Å²) in [7, 11) is 0. The van der Waals surface area contributed by atoms with E-state index >= 15 is 0 Å². The van der Waals surface area contributed by atoms with Gasteiger partial charge in [0.2, 0.25) is 17.7 Å². The molecule has 3 aliphatic heterocycles. The molecule has 3 aliphatic rings. The lowest BCUT2D eigenvalue weighted by Gasteiger charge is -2.23. The molecule has 0 saturated carbocycles. The van der Waals surface area contributed by atoms with E-state index in [4.69, 9.17) is 5.73 Å². The Balaban J connectivity index is 1.10. The Morgan fingerprint density at radius 2 is 1.89 bits per heavy atom. The number of fused-ring (bicyclic) bond motifs is 1. The minimum atomic E-state index is -0.224.